The van der Waals surface area contributed by atoms with Gasteiger partial charge in [-0.1, -0.05) is 6.07 Å². The molecular formula is C22H20F2N4O. The van der Waals surface area contributed by atoms with Gasteiger partial charge in [0, 0.05) is 32.1 Å². The topological polar surface area (TPSA) is 44.8 Å². The molecule has 1 fully saturated rings. The minimum atomic E-state index is -0.475. The highest BCUT2D eigenvalue weighted by molar-refractivity contribution is 5.77. The van der Waals surface area contributed by atoms with Crippen molar-refractivity contribution < 1.29 is 8.78 Å². The fourth-order valence-electron chi connectivity index (χ4n) is 3.99. The summed E-state index contributed by atoms with van der Waals surface area (Å²) in [5.74, 6) is -0.640. The first kappa shape index (κ1) is 17.8. The lowest BCUT2D eigenvalue weighted by molar-refractivity contribution is 0.601. The van der Waals surface area contributed by atoms with E-state index in [4.69, 9.17) is 0 Å². The Hall–Kier alpha value is -3.22. The Labute approximate surface area is 165 Å². The zero-order valence-electron chi connectivity index (χ0n) is 16.2. The van der Waals surface area contributed by atoms with Gasteiger partial charge in [0.1, 0.15) is 11.6 Å². The van der Waals surface area contributed by atoms with Gasteiger partial charge in [0.25, 0.3) is 0 Å². The summed E-state index contributed by atoms with van der Waals surface area (Å²) in [4.78, 5) is 16.7. The lowest BCUT2D eigenvalue weighted by Crippen LogP contribution is -2.19. The van der Waals surface area contributed by atoms with Crippen LogP contribution in [0, 0.1) is 11.6 Å². The van der Waals surface area contributed by atoms with Crippen molar-refractivity contribution in [3.05, 3.63) is 76.1 Å². The van der Waals surface area contributed by atoms with Gasteiger partial charge in [0.15, 0.2) is 0 Å². The number of nitrogens with zero attached hydrogens (tertiary/aromatic N) is 4. The van der Waals surface area contributed by atoms with Crippen LogP contribution in [0.4, 0.5) is 8.78 Å². The van der Waals surface area contributed by atoms with E-state index in [0.29, 0.717) is 18.2 Å². The Morgan fingerprint density at radius 3 is 2.55 bits per heavy atom. The number of benzene rings is 2. The van der Waals surface area contributed by atoms with Gasteiger partial charge >= 0.3 is 5.69 Å². The predicted octanol–water partition coefficient (Wildman–Crippen LogP) is 3.94. The molecule has 148 valence electrons. The van der Waals surface area contributed by atoms with Crippen LogP contribution in [0.1, 0.15) is 30.0 Å². The van der Waals surface area contributed by atoms with Gasteiger partial charge in [-0.15, -0.1) is 0 Å². The molecular weight excluding hydrogens is 374 g/mol. The predicted molar refractivity (Wildman–Crippen MR) is 107 cm³/mol. The van der Waals surface area contributed by atoms with Gasteiger partial charge < -0.3 is 4.57 Å². The Morgan fingerprint density at radius 1 is 1.03 bits per heavy atom. The van der Waals surface area contributed by atoms with E-state index in [-0.39, 0.29) is 11.3 Å². The molecule has 2 aromatic heterocycles. The molecule has 0 saturated heterocycles. The van der Waals surface area contributed by atoms with Crippen molar-refractivity contribution in [1.82, 2.24) is 18.7 Å². The van der Waals surface area contributed by atoms with Crippen LogP contribution in [0.3, 0.4) is 0 Å². The van der Waals surface area contributed by atoms with Gasteiger partial charge in [0.2, 0.25) is 0 Å². The summed E-state index contributed by atoms with van der Waals surface area (Å²) in [6, 6.07) is 9.33. The van der Waals surface area contributed by atoms with Crippen molar-refractivity contribution in [3.8, 4) is 11.3 Å². The zero-order valence-corrected chi connectivity index (χ0v) is 16.2. The second-order valence-corrected chi connectivity index (χ2v) is 7.73. The van der Waals surface area contributed by atoms with Gasteiger partial charge in [-0.25, -0.2) is 18.6 Å². The Morgan fingerprint density at radius 2 is 1.79 bits per heavy atom. The van der Waals surface area contributed by atoms with Crippen LogP contribution in [-0.2, 0) is 20.6 Å². The number of aromatic nitrogens is 4. The van der Waals surface area contributed by atoms with E-state index in [0.717, 1.165) is 47.3 Å². The summed E-state index contributed by atoms with van der Waals surface area (Å²) in [6.45, 7) is 0.448. The molecule has 4 aromatic rings. The number of halogens is 2. The van der Waals surface area contributed by atoms with Crippen LogP contribution < -0.4 is 5.69 Å². The average molecular weight is 394 g/mol. The van der Waals surface area contributed by atoms with E-state index in [1.54, 1.807) is 29.6 Å². The molecule has 0 amide bonds. The van der Waals surface area contributed by atoms with Gasteiger partial charge in [-0.3, -0.25) is 9.13 Å². The highest BCUT2D eigenvalue weighted by Gasteiger charge is 2.31. The molecule has 0 atom stereocenters. The third-order valence-corrected chi connectivity index (χ3v) is 5.70. The van der Waals surface area contributed by atoms with Gasteiger partial charge in [-0.05, 0) is 48.7 Å². The first-order valence-corrected chi connectivity index (χ1v) is 9.59. The monoisotopic (exact) mass is 394 g/mol. The number of aryl methyl sites for hydroxylation is 2. The molecule has 1 saturated carbocycles. The van der Waals surface area contributed by atoms with Crippen LogP contribution in [-0.4, -0.2) is 18.7 Å². The number of fused-ring (bicyclic) bond motifs is 1. The summed E-state index contributed by atoms with van der Waals surface area (Å²) < 4.78 is 33.5. The highest BCUT2D eigenvalue weighted by Crippen LogP contribution is 2.44. The van der Waals surface area contributed by atoms with Gasteiger partial charge in [-0.2, -0.15) is 0 Å². The maximum absolute atomic E-state index is 14.6. The summed E-state index contributed by atoms with van der Waals surface area (Å²) in [5.41, 5.74) is 4.24. The summed E-state index contributed by atoms with van der Waals surface area (Å²) in [5, 5.41) is 0. The lowest BCUT2D eigenvalue weighted by Gasteiger charge is -2.12. The minimum absolute atomic E-state index is 0.0849. The molecule has 0 bridgehead atoms. The van der Waals surface area contributed by atoms with E-state index in [1.807, 2.05) is 22.8 Å². The molecule has 7 heteroatoms. The third-order valence-electron chi connectivity index (χ3n) is 5.70. The number of rotatable bonds is 4. The molecule has 5 nitrogen and oxygen atoms in total. The van der Waals surface area contributed by atoms with E-state index in [1.165, 1.54) is 6.07 Å². The number of hydrogen-bond donors (Lipinski definition) is 0. The highest BCUT2D eigenvalue weighted by atomic mass is 19.1. The molecule has 1 aliphatic rings. The molecule has 1 aliphatic carbocycles. The van der Waals surface area contributed by atoms with Crippen LogP contribution in [0.25, 0.3) is 22.3 Å². The number of hydrogen-bond acceptors (Lipinski definition) is 2. The Bertz CT molecular complexity index is 1310. The first-order valence-electron chi connectivity index (χ1n) is 9.59. The lowest BCUT2D eigenvalue weighted by atomic mass is 10.1. The van der Waals surface area contributed by atoms with Crippen LogP contribution in [0.5, 0.6) is 0 Å². The smallest absolute Gasteiger partial charge is 0.326 e. The normalized spacial score (nSPS) is 14.1. The maximum Gasteiger partial charge on any atom is 0.328 e. The molecule has 29 heavy (non-hydrogen) atoms. The maximum atomic E-state index is 14.6. The SMILES string of the molecule is Cn1c(=O)n(C)c2cc(Cn3cnc(C4CC4)c3-c3cc(F)ccc3F)ccc21. The van der Waals surface area contributed by atoms with Crippen molar-refractivity contribution in [2.45, 2.75) is 25.3 Å². The Balaban J connectivity index is 1.62. The van der Waals surface area contributed by atoms with E-state index in [2.05, 4.69) is 4.98 Å². The Kier molecular flexibility index (Phi) is 3.94. The van der Waals surface area contributed by atoms with Gasteiger partial charge in [0.05, 0.1) is 28.7 Å². The third kappa shape index (κ3) is 2.88. The molecule has 0 aliphatic heterocycles. The molecule has 5 rings (SSSR count). The minimum Gasteiger partial charge on any atom is -0.326 e. The summed E-state index contributed by atoms with van der Waals surface area (Å²) in [6.07, 6.45) is 3.72. The zero-order chi connectivity index (χ0) is 20.3. The van der Waals surface area contributed by atoms with Crippen LogP contribution in [0.15, 0.2) is 47.5 Å². The van der Waals surface area contributed by atoms with Crippen molar-refractivity contribution in [1.29, 1.82) is 0 Å². The first-order chi connectivity index (χ1) is 13.9. The van der Waals surface area contributed by atoms with Crippen molar-refractivity contribution in [2.75, 3.05) is 0 Å². The molecule has 2 heterocycles. The van der Waals surface area contributed by atoms with E-state index < -0.39 is 11.6 Å². The second kappa shape index (κ2) is 6.40. The fourth-order valence-corrected chi connectivity index (χ4v) is 3.99. The van der Waals surface area contributed by atoms with Crippen molar-refractivity contribution >= 4 is 11.0 Å². The van der Waals surface area contributed by atoms with Crippen molar-refractivity contribution in [3.63, 3.8) is 0 Å². The fraction of sp³-hybridized carbons (Fsp3) is 0.273. The molecule has 0 radical (unpaired) electrons. The standard InChI is InChI=1S/C22H20F2N4O/c1-26-18-8-3-13(9-19(18)27(2)22(26)29)11-28-12-25-20(14-4-5-14)21(28)16-10-15(23)6-7-17(16)24/h3,6-10,12,14H,4-5,11H2,1-2H3. The number of imidazole rings is 2. The van der Waals surface area contributed by atoms with Crippen LogP contribution >= 0.6 is 0 Å². The van der Waals surface area contributed by atoms with E-state index >= 15 is 0 Å². The molecule has 0 unspecified atom stereocenters. The molecule has 2 aromatic carbocycles. The summed E-state index contributed by atoms with van der Waals surface area (Å²) >= 11 is 0. The summed E-state index contributed by atoms with van der Waals surface area (Å²) in [7, 11) is 3.48. The second-order valence-electron chi connectivity index (χ2n) is 7.73. The van der Waals surface area contributed by atoms with Crippen molar-refractivity contribution in [2.24, 2.45) is 14.1 Å². The average Bonchev–Trinajstić information content (AvgIpc) is 3.44. The van der Waals surface area contributed by atoms with E-state index in [9.17, 15) is 13.6 Å². The molecule has 0 N–H and O–H groups in total. The molecule has 0 spiro atoms. The quantitative estimate of drug-likeness (QED) is 0.526. The van der Waals surface area contributed by atoms with Crippen LogP contribution in [0.2, 0.25) is 0 Å². The largest absolute Gasteiger partial charge is 0.328 e.